The van der Waals surface area contributed by atoms with Crippen molar-refractivity contribution in [1.82, 2.24) is 5.32 Å². The molecule has 0 aliphatic rings. The highest BCUT2D eigenvalue weighted by Crippen LogP contribution is 2.25. The van der Waals surface area contributed by atoms with Gasteiger partial charge in [0.15, 0.2) is 0 Å². The van der Waals surface area contributed by atoms with Gasteiger partial charge < -0.3 is 20.5 Å². The molecule has 5 nitrogen and oxygen atoms in total. The highest BCUT2D eigenvalue weighted by atomic mass is 16.5. The van der Waals surface area contributed by atoms with Crippen molar-refractivity contribution in [3.05, 3.63) is 23.8 Å². The molecule has 3 N–H and O–H groups in total. The standard InChI is InChI=1S/C14H18N2O3/c1-4-7-15-12-6-5-11(8-13(12)19-3)14(18)16-9-10(2)17/h1,5-6,8,10,15,17H,7,9H2,2-3H3,(H,16,18)/t10-/m1/s1. The van der Waals surface area contributed by atoms with Crippen molar-refractivity contribution in [2.24, 2.45) is 0 Å². The van der Waals surface area contributed by atoms with Gasteiger partial charge in [0.25, 0.3) is 5.91 Å². The van der Waals surface area contributed by atoms with Gasteiger partial charge in [0.2, 0.25) is 0 Å². The largest absolute Gasteiger partial charge is 0.495 e. The Hall–Kier alpha value is -2.19. The average molecular weight is 262 g/mol. The second-order valence-electron chi connectivity index (χ2n) is 4.03. The number of benzene rings is 1. The number of carbonyl (C=O) groups excluding carboxylic acids is 1. The smallest absolute Gasteiger partial charge is 0.251 e. The summed E-state index contributed by atoms with van der Waals surface area (Å²) in [5.41, 5.74) is 1.19. The first-order valence-electron chi connectivity index (χ1n) is 5.90. The topological polar surface area (TPSA) is 70.6 Å². The Labute approximate surface area is 113 Å². The molecule has 0 heterocycles. The molecule has 19 heavy (non-hydrogen) atoms. The van der Waals surface area contributed by atoms with Crippen LogP contribution in [0.3, 0.4) is 0 Å². The number of rotatable bonds is 6. The molecule has 0 radical (unpaired) electrons. The molecule has 0 saturated carbocycles. The van der Waals surface area contributed by atoms with Crippen molar-refractivity contribution < 1.29 is 14.6 Å². The van der Waals surface area contributed by atoms with E-state index in [9.17, 15) is 4.79 Å². The molecule has 0 bridgehead atoms. The molecule has 1 atom stereocenters. The van der Waals surface area contributed by atoms with Gasteiger partial charge in [0.1, 0.15) is 5.75 Å². The third kappa shape index (κ3) is 4.53. The Balaban J connectivity index is 2.81. The van der Waals surface area contributed by atoms with Crippen LogP contribution in [0.4, 0.5) is 5.69 Å². The predicted octanol–water partition coefficient (Wildman–Crippen LogP) is 0.851. The van der Waals surface area contributed by atoms with Crippen molar-refractivity contribution in [3.8, 4) is 18.1 Å². The summed E-state index contributed by atoms with van der Waals surface area (Å²) in [6.07, 6.45) is 4.59. The van der Waals surface area contributed by atoms with Crippen LogP contribution in [0.15, 0.2) is 18.2 Å². The van der Waals surface area contributed by atoms with E-state index in [0.29, 0.717) is 17.9 Å². The Morgan fingerprint density at radius 2 is 2.32 bits per heavy atom. The Morgan fingerprint density at radius 3 is 2.89 bits per heavy atom. The van der Waals surface area contributed by atoms with Gasteiger partial charge >= 0.3 is 0 Å². The monoisotopic (exact) mass is 262 g/mol. The van der Waals surface area contributed by atoms with Crippen molar-refractivity contribution in [2.75, 3.05) is 25.5 Å². The van der Waals surface area contributed by atoms with Gasteiger partial charge in [-0.2, -0.15) is 0 Å². The summed E-state index contributed by atoms with van der Waals surface area (Å²) in [6, 6.07) is 5.02. The minimum absolute atomic E-state index is 0.207. The number of methoxy groups -OCH3 is 1. The van der Waals surface area contributed by atoms with Crippen LogP contribution in [0.5, 0.6) is 5.75 Å². The number of ether oxygens (including phenoxy) is 1. The van der Waals surface area contributed by atoms with E-state index in [4.69, 9.17) is 16.3 Å². The summed E-state index contributed by atoms with van der Waals surface area (Å²) in [6.45, 7) is 2.19. The highest BCUT2D eigenvalue weighted by molar-refractivity contribution is 5.95. The maximum Gasteiger partial charge on any atom is 0.251 e. The number of hydrogen-bond donors (Lipinski definition) is 3. The fourth-order valence-corrected chi connectivity index (χ4v) is 1.47. The SMILES string of the molecule is C#CCNc1ccc(C(=O)NC[C@@H](C)O)cc1OC. The minimum atomic E-state index is -0.581. The van der Waals surface area contributed by atoms with Gasteiger partial charge in [-0.3, -0.25) is 4.79 Å². The molecule has 0 unspecified atom stereocenters. The highest BCUT2D eigenvalue weighted by Gasteiger charge is 2.10. The number of terminal acetylenes is 1. The third-order valence-electron chi connectivity index (χ3n) is 2.40. The van der Waals surface area contributed by atoms with Gasteiger partial charge in [0.05, 0.1) is 25.4 Å². The number of anilines is 1. The molecule has 1 amide bonds. The van der Waals surface area contributed by atoms with Crippen molar-refractivity contribution in [1.29, 1.82) is 0 Å². The molecule has 0 aromatic heterocycles. The fourth-order valence-electron chi connectivity index (χ4n) is 1.47. The van der Waals surface area contributed by atoms with Gasteiger partial charge in [-0.1, -0.05) is 5.92 Å². The number of carbonyl (C=O) groups is 1. The minimum Gasteiger partial charge on any atom is -0.495 e. The number of aliphatic hydroxyl groups is 1. The zero-order chi connectivity index (χ0) is 14.3. The molecule has 5 heteroatoms. The van der Waals surface area contributed by atoms with Crippen molar-refractivity contribution in [2.45, 2.75) is 13.0 Å². The molecule has 0 saturated heterocycles. The molecule has 0 aliphatic carbocycles. The lowest BCUT2D eigenvalue weighted by molar-refractivity contribution is 0.0923. The van der Waals surface area contributed by atoms with E-state index in [1.807, 2.05) is 0 Å². The third-order valence-corrected chi connectivity index (χ3v) is 2.40. The Bertz CT molecular complexity index is 478. The lowest BCUT2D eigenvalue weighted by atomic mass is 10.1. The van der Waals surface area contributed by atoms with E-state index in [0.717, 1.165) is 5.69 Å². The summed E-state index contributed by atoms with van der Waals surface area (Å²) in [5.74, 6) is 2.74. The van der Waals surface area contributed by atoms with E-state index in [1.54, 1.807) is 25.1 Å². The predicted molar refractivity (Wildman–Crippen MR) is 74.3 cm³/mol. The summed E-state index contributed by atoms with van der Waals surface area (Å²) < 4.78 is 5.20. The van der Waals surface area contributed by atoms with E-state index in [1.165, 1.54) is 7.11 Å². The molecule has 102 valence electrons. The average Bonchev–Trinajstić information content (AvgIpc) is 2.42. The quantitative estimate of drug-likeness (QED) is 0.665. The zero-order valence-corrected chi connectivity index (χ0v) is 11.1. The maximum atomic E-state index is 11.8. The number of aliphatic hydroxyl groups excluding tert-OH is 1. The molecular formula is C14H18N2O3. The number of hydrogen-bond acceptors (Lipinski definition) is 4. The zero-order valence-electron chi connectivity index (χ0n) is 11.1. The van der Waals surface area contributed by atoms with Crippen molar-refractivity contribution >= 4 is 11.6 Å². The lowest BCUT2D eigenvalue weighted by Gasteiger charge is -2.12. The first kappa shape index (κ1) is 14.9. The van der Waals surface area contributed by atoms with Crippen LogP contribution < -0.4 is 15.4 Å². The molecule has 0 aliphatic heterocycles. The second kappa shape index (κ2) is 7.29. The maximum absolute atomic E-state index is 11.8. The van der Waals surface area contributed by atoms with E-state index >= 15 is 0 Å². The number of amides is 1. The molecular weight excluding hydrogens is 244 g/mol. The summed E-state index contributed by atoms with van der Waals surface area (Å²) in [5, 5.41) is 14.7. The Kier molecular flexibility index (Phi) is 5.71. The lowest BCUT2D eigenvalue weighted by Crippen LogP contribution is -2.30. The molecule has 1 aromatic carbocycles. The van der Waals surface area contributed by atoms with Gasteiger partial charge in [0, 0.05) is 12.1 Å². The number of nitrogens with one attached hydrogen (secondary N) is 2. The van der Waals surface area contributed by atoms with Gasteiger partial charge in [-0.25, -0.2) is 0 Å². The van der Waals surface area contributed by atoms with E-state index < -0.39 is 6.10 Å². The summed E-state index contributed by atoms with van der Waals surface area (Å²) in [4.78, 5) is 11.8. The van der Waals surface area contributed by atoms with Crippen LogP contribution in [0, 0.1) is 12.3 Å². The van der Waals surface area contributed by atoms with Gasteiger partial charge in [-0.05, 0) is 25.1 Å². The van der Waals surface area contributed by atoms with E-state index in [2.05, 4.69) is 16.6 Å². The Morgan fingerprint density at radius 1 is 1.58 bits per heavy atom. The fraction of sp³-hybridized carbons (Fsp3) is 0.357. The molecule has 0 fully saturated rings. The molecule has 1 aromatic rings. The first-order chi connectivity index (χ1) is 9.08. The molecule has 1 rings (SSSR count). The van der Waals surface area contributed by atoms with Crippen LogP contribution in [0.2, 0.25) is 0 Å². The second-order valence-corrected chi connectivity index (χ2v) is 4.03. The normalized spacial score (nSPS) is 11.3. The van der Waals surface area contributed by atoms with E-state index in [-0.39, 0.29) is 12.5 Å². The van der Waals surface area contributed by atoms with Gasteiger partial charge in [-0.15, -0.1) is 6.42 Å². The summed E-state index contributed by atoms with van der Waals surface area (Å²) >= 11 is 0. The van der Waals surface area contributed by atoms with Crippen LogP contribution in [-0.4, -0.2) is 37.3 Å². The van der Waals surface area contributed by atoms with Crippen LogP contribution in [-0.2, 0) is 0 Å². The van der Waals surface area contributed by atoms with Crippen LogP contribution >= 0.6 is 0 Å². The van der Waals surface area contributed by atoms with Crippen LogP contribution in [0.25, 0.3) is 0 Å². The van der Waals surface area contributed by atoms with Crippen LogP contribution in [0.1, 0.15) is 17.3 Å². The first-order valence-corrected chi connectivity index (χ1v) is 5.90. The summed E-state index contributed by atoms with van der Waals surface area (Å²) in [7, 11) is 1.52. The molecule has 0 spiro atoms. The van der Waals surface area contributed by atoms with Crippen molar-refractivity contribution in [3.63, 3.8) is 0 Å².